The Morgan fingerprint density at radius 1 is 1.14 bits per heavy atom. The molecular formula is C26H37N7O2. The Morgan fingerprint density at radius 3 is 2.49 bits per heavy atom. The van der Waals surface area contributed by atoms with E-state index in [4.69, 9.17) is 9.73 Å². The lowest BCUT2D eigenvalue weighted by atomic mass is 10.1. The van der Waals surface area contributed by atoms with Crippen LogP contribution >= 0.6 is 0 Å². The van der Waals surface area contributed by atoms with Gasteiger partial charge in [0, 0.05) is 50.4 Å². The van der Waals surface area contributed by atoms with Gasteiger partial charge in [0.1, 0.15) is 22.8 Å². The van der Waals surface area contributed by atoms with Crippen molar-refractivity contribution < 1.29 is 4.74 Å². The molecule has 9 heteroatoms. The van der Waals surface area contributed by atoms with Crippen molar-refractivity contribution in [3.05, 3.63) is 39.9 Å². The summed E-state index contributed by atoms with van der Waals surface area (Å²) in [5, 5.41) is 0. The molecule has 9 nitrogen and oxygen atoms in total. The molecule has 2 aromatic rings. The van der Waals surface area contributed by atoms with Gasteiger partial charge < -0.3 is 19.4 Å². The second-order valence-electron chi connectivity index (χ2n) is 9.80. The number of hydrogen-bond donors (Lipinski definition) is 0. The lowest BCUT2D eigenvalue weighted by molar-refractivity contribution is 0.312. The van der Waals surface area contributed by atoms with Crippen LogP contribution in [0.4, 0.5) is 17.2 Å². The fraction of sp³-hybridized carbons (Fsp3) is 0.538. The van der Waals surface area contributed by atoms with Crippen molar-refractivity contribution in [1.29, 1.82) is 0 Å². The van der Waals surface area contributed by atoms with E-state index >= 15 is 0 Å². The number of hydrogen-bond acceptors (Lipinski definition) is 8. The van der Waals surface area contributed by atoms with Crippen molar-refractivity contribution in [2.45, 2.75) is 32.2 Å². The highest BCUT2D eigenvalue weighted by Crippen LogP contribution is 2.33. The van der Waals surface area contributed by atoms with Gasteiger partial charge in [-0.05, 0) is 45.9 Å². The van der Waals surface area contributed by atoms with E-state index in [-0.39, 0.29) is 17.5 Å². The third-order valence-electron chi connectivity index (χ3n) is 6.92. The van der Waals surface area contributed by atoms with Gasteiger partial charge in [-0.15, -0.1) is 0 Å². The number of aliphatic imine (C=N–C) groups is 2. The number of likely N-dealkylation sites (N-methyl/N-ethyl adjacent to an activating group) is 2. The largest absolute Gasteiger partial charge is 0.494 e. The molecule has 188 valence electrons. The van der Waals surface area contributed by atoms with E-state index in [1.807, 2.05) is 26.0 Å². The predicted molar refractivity (Wildman–Crippen MR) is 143 cm³/mol. The number of piperazine rings is 1. The minimum atomic E-state index is -0.0889. The van der Waals surface area contributed by atoms with Gasteiger partial charge in [0.15, 0.2) is 5.82 Å². The molecule has 0 aliphatic carbocycles. The quantitative estimate of drug-likeness (QED) is 0.568. The van der Waals surface area contributed by atoms with Crippen LogP contribution in [-0.4, -0.2) is 92.8 Å². The van der Waals surface area contributed by atoms with E-state index < -0.39 is 0 Å². The SMILES string of the molecule is C=Nc1c(C=Nc2ccc(N3CCN(C)CC3)cc2OC)nc(C(C)C)c(=O)n1[C@H]1CCN(C)C1. The van der Waals surface area contributed by atoms with Gasteiger partial charge >= 0.3 is 0 Å². The van der Waals surface area contributed by atoms with E-state index in [2.05, 4.69) is 51.6 Å². The lowest BCUT2D eigenvalue weighted by Gasteiger charge is -2.34. The number of aromatic nitrogens is 2. The second kappa shape index (κ2) is 10.7. The van der Waals surface area contributed by atoms with Crippen LogP contribution in [0.15, 0.2) is 33.0 Å². The normalized spacial score (nSPS) is 19.7. The van der Waals surface area contributed by atoms with E-state index in [1.165, 1.54) is 0 Å². The zero-order chi connectivity index (χ0) is 25.1. The molecule has 0 bridgehead atoms. The summed E-state index contributed by atoms with van der Waals surface area (Å²) in [6.07, 6.45) is 2.57. The van der Waals surface area contributed by atoms with Crippen LogP contribution in [0.1, 0.15) is 43.6 Å². The Labute approximate surface area is 207 Å². The zero-order valence-corrected chi connectivity index (χ0v) is 21.6. The van der Waals surface area contributed by atoms with Gasteiger partial charge in [0.2, 0.25) is 0 Å². The number of methoxy groups -OCH3 is 1. The third-order valence-corrected chi connectivity index (χ3v) is 6.92. The first-order valence-electron chi connectivity index (χ1n) is 12.3. The number of benzene rings is 1. The Kier molecular flexibility index (Phi) is 7.66. The maximum Gasteiger partial charge on any atom is 0.274 e. The van der Waals surface area contributed by atoms with Crippen LogP contribution in [0.2, 0.25) is 0 Å². The summed E-state index contributed by atoms with van der Waals surface area (Å²) in [5.74, 6) is 1.15. The molecule has 2 aliphatic heterocycles. The van der Waals surface area contributed by atoms with Crippen LogP contribution < -0.4 is 15.2 Å². The molecule has 1 aromatic carbocycles. The van der Waals surface area contributed by atoms with Crippen molar-refractivity contribution in [3.63, 3.8) is 0 Å². The van der Waals surface area contributed by atoms with Crippen molar-refractivity contribution >= 4 is 30.1 Å². The highest BCUT2D eigenvalue weighted by molar-refractivity contribution is 5.86. The molecule has 0 amide bonds. The molecule has 2 saturated heterocycles. The molecule has 0 unspecified atom stereocenters. The van der Waals surface area contributed by atoms with Gasteiger partial charge in [-0.3, -0.25) is 14.4 Å². The monoisotopic (exact) mass is 479 g/mol. The van der Waals surface area contributed by atoms with Crippen molar-refractivity contribution in [2.24, 2.45) is 9.98 Å². The summed E-state index contributed by atoms with van der Waals surface area (Å²) in [6, 6.07) is 6.12. The topological polar surface area (TPSA) is 78.6 Å². The van der Waals surface area contributed by atoms with Crippen LogP contribution in [-0.2, 0) is 0 Å². The first-order chi connectivity index (χ1) is 16.8. The van der Waals surface area contributed by atoms with Crippen molar-refractivity contribution in [3.8, 4) is 5.75 Å². The smallest absolute Gasteiger partial charge is 0.274 e. The minimum Gasteiger partial charge on any atom is -0.494 e. The second-order valence-corrected chi connectivity index (χ2v) is 9.80. The summed E-state index contributed by atoms with van der Waals surface area (Å²) in [5.41, 5.74) is 2.80. The van der Waals surface area contributed by atoms with E-state index in [9.17, 15) is 4.79 Å². The fourth-order valence-electron chi connectivity index (χ4n) is 4.82. The number of rotatable bonds is 7. The van der Waals surface area contributed by atoms with Crippen LogP contribution in [0, 0.1) is 0 Å². The molecule has 1 aromatic heterocycles. The molecule has 1 atom stereocenters. The van der Waals surface area contributed by atoms with E-state index in [0.717, 1.165) is 51.4 Å². The third kappa shape index (κ3) is 5.31. The zero-order valence-electron chi connectivity index (χ0n) is 21.6. The molecule has 0 spiro atoms. The molecule has 4 rings (SSSR count). The van der Waals surface area contributed by atoms with Gasteiger partial charge in [-0.25, -0.2) is 9.98 Å². The fourth-order valence-corrected chi connectivity index (χ4v) is 4.82. The average Bonchev–Trinajstić information content (AvgIpc) is 3.28. The Balaban J connectivity index is 1.70. The molecule has 2 aliphatic rings. The molecular weight excluding hydrogens is 442 g/mol. The first-order valence-corrected chi connectivity index (χ1v) is 12.3. The number of likely N-dealkylation sites (tertiary alicyclic amines) is 1. The highest BCUT2D eigenvalue weighted by atomic mass is 16.5. The van der Waals surface area contributed by atoms with Crippen LogP contribution in [0.25, 0.3) is 0 Å². The molecule has 0 N–H and O–H groups in total. The molecule has 0 radical (unpaired) electrons. The van der Waals surface area contributed by atoms with Gasteiger partial charge in [-0.1, -0.05) is 13.8 Å². The summed E-state index contributed by atoms with van der Waals surface area (Å²) >= 11 is 0. The maximum absolute atomic E-state index is 13.3. The van der Waals surface area contributed by atoms with Gasteiger partial charge in [0.05, 0.1) is 19.4 Å². The molecule has 3 heterocycles. The Morgan fingerprint density at radius 2 is 1.89 bits per heavy atom. The summed E-state index contributed by atoms with van der Waals surface area (Å²) in [4.78, 5) is 33.9. The lowest BCUT2D eigenvalue weighted by Crippen LogP contribution is -2.44. The molecule has 2 fully saturated rings. The van der Waals surface area contributed by atoms with Crippen molar-refractivity contribution in [1.82, 2.24) is 19.4 Å². The van der Waals surface area contributed by atoms with E-state index in [0.29, 0.717) is 28.6 Å². The first kappa shape index (κ1) is 25.1. The summed E-state index contributed by atoms with van der Waals surface area (Å²) in [7, 11) is 5.87. The van der Waals surface area contributed by atoms with Crippen molar-refractivity contribution in [2.75, 3.05) is 65.4 Å². The maximum atomic E-state index is 13.3. The Bertz CT molecular complexity index is 1150. The number of anilines is 1. The minimum absolute atomic E-state index is 0.0173. The molecule has 0 saturated carbocycles. The van der Waals surface area contributed by atoms with Gasteiger partial charge in [0.25, 0.3) is 5.56 Å². The Hall–Kier alpha value is -3.04. The summed E-state index contributed by atoms with van der Waals surface area (Å²) < 4.78 is 7.44. The molecule has 35 heavy (non-hydrogen) atoms. The summed E-state index contributed by atoms with van der Waals surface area (Å²) in [6.45, 7) is 13.5. The van der Waals surface area contributed by atoms with Crippen LogP contribution in [0.3, 0.4) is 0 Å². The standard InChI is InChI=1S/C26H37N7O2/c1-18(2)24-26(34)33(20-9-10-31(5)17-20)25(27-3)22(29-24)16-28-21-8-7-19(15-23(21)35-6)32-13-11-30(4)12-14-32/h7-8,15-16,18,20H,3,9-14,17H2,1-2,4-6H3/t20-/m0/s1. The van der Waals surface area contributed by atoms with E-state index in [1.54, 1.807) is 17.9 Å². The number of ether oxygens (including phenoxy) is 1. The number of nitrogens with zero attached hydrogens (tertiary/aromatic N) is 7. The van der Waals surface area contributed by atoms with Crippen LogP contribution in [0.5, 0.6) is 5.75 Å². The highest BCUT2D eigenvalue weighted by Gasteiger charge is 2.27. The average molecular weight is 480 g/mol. The predicted octanol–water partition coefficient (Wildman–Crippen LogP) is 3.09. The van der Waals surface area contributed by atoms with Gasteiger partial charge in [-0.2, -0.15) is 0 Å².